The van der Waals surface area contributed by atoms with Crippen molar-refractivity contribution >= 4 is 47.8 Å². The molecular formula is C10H11Br3O. The van der Waals surface area contributed by atoms with Crippen LogP contribution in [-0.2, 0) is 0 Å². The summed E-state index contributed by atoms with van der Waals surface area (Å²) in [4.78, 5) is 0. The third kappa shape index (κ3) is 4.80. The summed E-state index contributed by atoms with van der Waals surface area (Å²) in [5, 5.41) is 1.04. The fourth-order valence-electron chi connectivity index (χ4n) is 0.998. The van der Waals surface area contributed by atoms with Crippen LogP contribution in [0, 0.1) is 0 Å². The number of alkyl halides is 1. The molecule has 0 saturated carbocycles. The average Bonchev–Trinajstić information content (AvgIpc) is 2.11. The Bertz CT molecular complexity index is 268. The van der Waals surface area contributed by atoms with Crippen molar-refractivity contribution in [3.8, 4) is 5.75 Å². The molecule has 1 nitrogen and oxygen atoms in total. The van der Waals surface area contributed by atoms with E-state index >= 15 is 0 Å². The normalized spacial score (nSPS) is 10.2. The van der Waals surface area contributed by atoms with Gasteiger partial charge in [0.05, 0.1) is 6.61 Å². The number of hydrogen-bond donors (Lipinski definition) is 0. The summed E-state index contributed by atoms with van der Waals surface area (Å²) < 4.78 is 7.65. The molecule has 0 atom stereocenters. The number of unbranched alkanes of at least 4 members (excludes halogenated alkanes) is 1. The molecule has 0 bridgehead atoms. The standard InChI is InChI=1S/C10H11Br3O/c11-3-1-2-4-14-10-6-8(12)5-9(13)7-10/h5-7H,1-4H2. The largest absolute Gasteiger partial charge is 0.494 e. The molecule has 4 heteroatoms. The fraction of sp³-hybridized carbons (Fsp3) is 0.400. The van der Waals surface area contributed by atoms with Gasteiger partial charge in [-0.3, -0.25) is 0 Å². The Labute approximate surface area is 110 Å². The van der Waals surface area contributed by atoms with Gasteiger partial charge in [0.25, 0.3) is 0 Å². The van der Waals surface area contributed by atoms with E-state index in [9.17, 15) is 0 Å². The van der Waals surface area contributed by atoms with Crippen LogP contribution < -0.4 is 4.74 Å². The first kappa shape index (κ1) is 12.5. The SMILES string of the molecule is BrCCCCOc1cc(Br)cc(Br)c1. The van der Waals surface area contributed by atoms with Crippen LogP contribution in [0.15, 0.2) is 27.1 Å². The highest BCUT2D eigenvalue weighted by Crippen LogP contribution is 2.24. The van der Waals surface area contributed by atoms with Crippen LogP contribution in [0.2, 0.25) is 0 Å². The Kier molecular flexibility index (Phi) is 6.13. The summed E-state index contributed by atoms with van der Waals surface area (Å²) in [7, 11) is 0. The molecule has 1 aromatic rings. The predicted molar refractivity (Wildman–Crippen MR) is 70.4 cm³/mol. The van der Waals surface area contributed by atoms with Crippen LogP contribution in [0.3, 0.4) is 0 Å². The zero-order valence-electron chi connectivity index (χ0n) is 7.60. The van der Waals surface area contributed by atoms with Crippen molar-refractivity contribution in [1.82, 2.24) is 0 Å². The third-order valence-corrected chi connectivity index (χ3v) is 3.11. The lowest BCUT2D eigenvalue weighted by Crippen LogP contribution is -1.97. The zero-order valence-corrected chi connectivity index (χ0v) is 12.4. The van der Waals surface area contributed by atoms with Crippen molar-refractivity contribution in [3.63, 3.8) is 0 Å². The van der Waals surface area contributed by atoms with E-state index in [1.54, 1.807) is 0 Å². The highest BCUT2D eigenvalue weighted by atomic mass is 79.9. The van der Waals surface area contributed by atoms with Crippen molar-refractivity contribution in [3.05, 3.63) is 27.1 Å². The molecule has 0 radical (unpaired) electrons. The number of hydrogen-bond acceptors (Lipinski definition) is 1. The van der Waals surface area contributed by atoms with Gasteiger partial charge in [0.15, 0.2) is 0 Å². The Hall–Kier alpha value is 0.460. The molecule has 0 aromatic heterocycles. The van der Waals surface area contributed by atoms with Crippen molar-refractivity contribution in [2.24, 2.45) is 0 Å². The van der Waals surface area contributed by atoms with E-state index in [0.717, 1.165) is 39.5 Å². The molecule has 0 N–H and O–H groups in total. The van der Waals surface area contributed by atoms with Gasteiger partial charge in [-0.25, -0.2) is 0 Å². The lowest BCUT2D eigenvalue weighted by molar-refractivity contribution is 0.309. The van der Waals surface area contributed by atoms with Crippen molar-refractivity contribution in [2.75, 3.05) is 11.9 Å². The van der Waals surface area contributed by atoms with Gasteiger partial charge in [0.1, 0.15) is 5.75 Å². The maximum absolute atomic E-state index is 5.59. The Morgan fingerprint density at radius 3 is 2.21 bits per heavy atom. The van der Waals surface area contributed by atoms with E-state index in [4.69, 9.17) is 4.74 Å². The van der Waals surface area contributed by atoms with E-state index in [0.29, 0.717) is 0 Å². The monoisotopic (exact) mass is 384 g/mol. The highest BCUT2D eigenvalue weighted by molar-refractivity contribution is 9.11. The first-order valence-electron chi connectivity index (χ1n) is 4.37. The molecule has 1 aromatic carbocycles. The Morgan fingerprint density at radius 2 is 1.64 bits per heavy atom. The summed E-state index contributed by atoms with van der Waals surface area (Å²) in [5.74, 6) is 0.904. The second-order valence-electron chi connectivity index (χ2n) is 2.85. The van der Waals surface area contributed by atoms with Crippen molar-refractivity contribution in [1.29, 1.82) is 0 Å². The second kappa shape index (κ2) is 6.85. The number of benzene rings is 1. The summed E-state index contributed by atoms with van der Waals surface area (Å²) in [6.07, 6.45) is 2.23. The van der Waals surface area contributed by atoms with Gasteiger partial charge in [-0.15, -0.1) is 0 Å². The van der Waals surface area contributed by atoms with Crippen molar-refractivity contribution < 1.29 is 4.74 Å². The van der Waals surface area contributed by atoms with Crippen LogP contribution in [0.5, 0.6) is 5.75 Å². The van der Waals surface area contributed by atoms with Gasteiger partial charge in [0, 0.05) is 14.3 Å². The van der Waals surface area contributed by atoms with Crippen LogP contribution in [0.1, 0.15) is 12.8 Å². The first-order valence-corrected chi connectivity index (χ1v) is 7.08. The summed E-state index contributed by atoms with van der Waals surface area (Å²) in [6, 6.07) is 5.93. The van der Waals surface area contributed by atoms with Crippen LogP contribution in [0.25, 0.3) is 0 Å². The first-order chi connectivity index (χ1) is 6.72. The predicted octanol–water partition coefficient (Wildman–Crippen LogP) is 4.77. The molecule has 0 amide bonds. The molecular weight excluding hydrogens is 376 g/mol. The summed E-state index contributed by atoms with van der Waals surface area (Å²) in [6.45, 7) is 0.772. The van der Waals surface area contributed by atoms with E-state index < -0.39 is 0 Å². The smallest absolute Gasteiger partial charge is 0.121 e. The molecule has 1 rings (SSSR count). The minimum atomic E-state index is 0.772. The molecule has 0 heterocycles. The highest BCUT2D eigenvalue weighted by Gasteiger charge is 1.98. The molecule has 0 aliphatic rings. The van der Waals surface area contributed by atoms with Crippen LogP contribution in [-0.4, -0.2) is 11.9 Å². The molecule has 78 valence electrons. The Balaban J connectivity index is 2.42. The summed E-state index contributed by atoms with van der Waals surface area (Å²) in [5.41, 5.74) is 0. The molecule has 0 spiro atoms. The number of ether oxygens (including phenoxy) is 1. The van der Waals surface area contributed by atoms with Crippen molar-refractivity contribution in [2.45, 2.75) is 12.8 Å². The van der Waals surface area contributed by atoms with E-state index in [1.807, 2.05) is 18.2 Å². The van der Waals surface area contributed by atoms with E-state index in [-0.39, 0.29) is 0 Å². The Morgan fingerprint density at radius 1 is 1.00 bits per heavy atom. The zero-order chi connectivity index (χ0) is 10.4. The van der Waals surface area contributed by atoms with Gasteiger partial charge >= 0.3 is 0 Å². The molecule has 0 fully saturated rings. The van der Waals surface area contributed by atoms with Gasteiger partial charge in [-0.1, -0.05) is 47.8 Å². The van der Waals surface area contributed by atoms with E-state index in [2.05, 4.69) is 47.8 Å². The molecule has 0 aliphatic carbocycles. The van der Waals surface area contributed by atoms with Gasteiger partial charge in [-0.05, 0) is 31.0 Å². The lowest BCUT2D eigenvalue weighted by atomic mass is 10.3. The quantitative estimate of drug-likeness (QED) is 0.523. The van der Waals surface area contributed by atoms with Crippen LogP contribution >= 0.6 is 47.8 Å². The molecule has 0 unspecified atom stereocenters. The summed E-state index contributed by atoms with van der Waals surface area (Å²) >= 11 is 10.2. The minimum Gasteiger partial charge on any atom is -0.494 e. The third-order valence-electron chi connectivity index (χ3n) is 1.63. The lowest BCUT2D eigenvalue weighted by Gasteiger charge is -2.06. The van der Waals surface area contributed by atoms with Gasteiger partial charge in [0.2, 0.25) is 0 Å². The second-order valence-corrected chi connectivity index (χ2v) is 5.47. The van der Waals surface area contributed by atoms with Gasteiger partial charge in [-0.2, -0.15) is 0 Å². The maximum Gasteiger partial charge on any atom is 0.121 e. The molecule has 0 aliphatic heterocycles. The number of halogens is 3. The fourth-order valence-corrected chi connectivity index (χ4v) is 2.65. The number of rotatable bonds is 5. The van der Waals surface area contributed by atoms with Gasteiger partial charge < -0.3 is 4.74 Å². The topological polar surface area (TPSA) is 9.23 Å². The molecule has 0 saturated heterocycles. The molecule has 14 heavy (non-hydrogen) atoms. The maximum atomic E-state index is 5.59. The average molecular weight is 387 g/mol. The minimum absolute atomic E-state index is 0.772. The van der Waals surface area contributed by atoms with E-state index in [1.165, 1.54) is 0 Å². The van der Waals surface area contributed by atoms with Crippen LogP contribution in [0.4, 0.5) is 0 Å².